The van der Waals surface area contributed by atoms with Gasteiger partial charge in [0.05, 0.1) is 12.3 Å². The van der Waals surface area contributed by atoms with Gasteiger partial charge in [-0.1, -0.05) is 30.3 Å². The average Bonchev–Trinajstić information content (AvgIpc) is 3.22. The monoisotopic (exact) mass is 401 g/mol. The van der Waals surface area contributed by atoms with E-state index >= 15 is 0 Å². The van der Waals surface area contributed by atoms with Crippen LogP contribution in [0.4, 0.5) is 0 Å². The molecule has 0 aliphatic carbocycles. The van der Waals surface area contributed by atoms with E-state index in [9.17, 15) is 18.0 Å². The second-order valence-corrected chi connectivity index (χ2v) is 9.62. The van der Waals surface area contributed by atoms with Crippen molar-refractivity contribution in [1.82, 2.24) is 13.8 Å². The fourth-order valence-corrected chi connectivity index (χ4v) is 5.59. The predicted molar refractivity (Wildman–Crippen MR) is 105 cm³/mol. The minimum absolute atomic E-state index is 0.0348. The molecule has 2 aliphatic heterocycles. The number of carbonyl (C=O) groups excluding carboxylic acids is 1. The summed E-state index contributed by atoms with van der Waals surface area (Å²) in [7, 11) is -1.72. The molecule has 1 aromatic heterocycles. The lowest BCUT2D eigenvalue weighted by Crippen LogP contribution is -2.37. The van der Waals surface area contributed by atoms with Crippen LogP contribution in [0.5, 0.6) is 0 Å². The van der Waals surface area contributed by atoms with Crippen LogP contribution in [0.2, 0.25) is 0 Å². The molecule has 0 N–H and O–H groups in total. The highest BCUT2D eigenvalue weighted by molar-refractivity contribution is 7.88. The fourth-order valence-electron chi connectivity index (χ4n) is 4.44. The first kappa shape index (κ1) is 18.9. The number of nitrogens with zero attached hydrogens (tertiary/aromatic N) is 3. The molecule has 3 atom stereocenters. The summed E-state index contributed by atoms with van der Waals surface area (Å²) < 4.78 is 27.7. The minimum atomic E-state index is -3.36. The van der Waals surface area contributed by atoms with Crippen molar-refractivity contribution in [3.8, 4) is 0 Å². The predicted octanol–water partition coefficient (Wildman–Crippen LogP) is 1.09. The summed E-state index contributed by atoms with van der Waals surface area (Å²) in [5.74, 6) is -0.0622. The van der Waals surface area contributed by atoms with Gasteiger partial charge in [0, 0.05) is 50.4 Å². The summed E-state index contributed by atoms with van der Waals surface area (Å²) >= 11 is 0. The Labute approximate surface area is 164 Å². The Morgan fingerprint density at radius 1 is 1.07 bits per heavy atom. The van der Waals surface area contributed by atoms with Crippen LogP contribution in [0.3, 0.4) is 0 Å². The highest BCUT2D eigenvalue weighted by Crippen LogP contribution is 2.46. The maximum atomic E-state index is 12.9. The van der Waals surface area contributed by atoms with E-state index in [1.54, 1.807) is 28.5 Å². The average molecular weight is 401 g/mol. The van der Waals surface area contributed by atoms with Crippen molar-refractivity contribution >= 4 is 15.9 Å². The zero-order chi connectivity index (χ0) is 20.1. The molecule has 1 amide bonds. The van der Waals surface area contributed by atoms with Gasteiger partial charge in [0.25, 0.3) is 11.5 Å². The van der Waals surface area contributed by atoms with E-state index in [-0.39, 0.29) is 29.3 Å². The van der Waals surface area contributed by atoms with Crippen LogP contribution in [-0.4, -0.2) is 54.0 Å². The Bertz CT molecular complexity index is 1060. The molecule has 4 rings (SSSR count). The second-order valence-electron chi connectivity index (χ2n) is 7.69. The molecule has 0 radical (unpaired) electrons. The van der Waals surface area contributed by atoms with Gasteiger partial charge in [-0.3, -0.25) is 9.59 Å². The van der Waals surface area contributed by atoms with Crippen molar-refractivity contribution in [2.75, 3.05) is 25.9 Å². The Kier molecular flexibility index (Phi) is 4.63. The lowest BCUT2D eigenvalue weighted by molar-refractivity contribution is 0.0773. The zero-order valence-electron chi connectivity index (χ0n) is 15.9. The van der Waals surface area contributed by atoms with Gasteiger partial charge in [0.15, 0.2) is 0 Å². The number of pyridine rings is 1. The molecule has 2 aliphatic rings. The van der Waals surface area contributed by atoms with E-state index in [1.807, 2.05) is 30.3 Å². The summed E-state index contributed by atoms with van der Waals surface area (Å²) in [5, 5.41) is 0. The Hall–Kier alpha value is -2.45. The van der Waals surface area contributed by atoms with Crippen molar-refractivity contribution in [1.29, 1.82) is 0 Å². The highest BCUT2D eigenvalue weighted by Gasteiger charge is 2.51. The van der Waals surface area contributed by atoms with Crippen LogP contribution >= 0.6 is 0 Å². The molecule has 0 spiro atoms. The molecule has 148 valence electrons. The van der Waals surface area contributed by atoms with Gasteiger partial charge in [-0.05, 0) is 17.5 Å². The van der Waals surface area contributed by atoms with Crippen LogP contribution in [0, 0.1) is 11.8 Å². The molecule has 0 bridgehead atoms. The number of aryl methyl sites for hydroxylation is 1. The summed E-state index contributed by atoms with van der Waals surface area (Å²) in [6.07, 6.45) is 2.83. The van der Waals surface area contributed by atoms with Gasteiger partial charge in [0.1, 0.15) is 0 Å². The standard InChI is InChI=1S/C20H23N3O4S/c1-21-9-8-15(10-18(21)24)20(25)22-11-16-12-23(28(2,26)27)19(17(16)13-22)14-6-4-3-5-7-14/h3-10,16-17,19H,11-13H2,1-2H3/t16-,17-,19+/m1/s1. The lowest BCUT2D eigenvalue weighted by atomic mass is 9.90. The number of carbonyl (C=O) groups is 1. The van der Waals surface area contributed by atoms with Gasteiger partial charge < -0.3 is 9.47 Å². The minimum Gasteiger partial charge on any atom is -0.338 e. The first-order chi connectivity index (χ1) is 13.3. The van der Waals surface area contributed by atoms with Crippen molar-refractivity contribution in [3.63, 3.8) is 0 Å². The van der Waals surface area contributed by atoms with E-state index in [0.717, 1.165) is 5.56 Å². The first-order valence-corrected chi connectivity index (χ1v) is 11.1. The van der Waals surface area contributed by atoms with Gasteiger partial charge in [0.2, 0.25) is 10.0 Å². The molecule has 0 saturated carbocycles. The summed E-state index contributed by atoms with van der Waals surface area (Å²) in [6.45, 7) is 1.38. The molecule has 28 heavy (non-hydrogen) atoms. The number of hydrogen-bond donors (Lipinski definition) is 0. The van der Waals surface area contributed by atoms with Gasteiger partial charge in [-0.15, -0.1) is 0 Å². The van der Waals surface area contributed by atoms with Crippen LogP contribution < -0.4 is 5.56 Å². The number of fused-ring (bicyclic) bond motifs is 1. The van der Waals surface area contributed by atoms with Crippen molar-refractivity contribution in [2.45, 2.75) is 6.04 Å². The van der Waals surface area contributed by atoms with Crippen molar-refractivity contribution in [2.24, 2.45) is 18.9 Å². The van der Waals surface area contributed by atoms with E-state index < -0.39 is 10.0 Å². The van der Waals surface area contributed by atoms with E-state index in [4.69, 9.17) is 0 Å². The molecule has 0 unspecified atom stereocenters. The van der Waals surface area contributed by atoms with Gasteiger partial charge in [-0.25, -0.2) is 8.42 Å². The number of likely N-dealkylation sites (tertiary alicyclic amines) is 1. The lowest BCUT2D eigenvalue weighted by Gasteiger charge is -2.28. The maximum Gasteiger partial charge on any atom is 0.254 e. The molecule has 2 fully saturated rings. The smallest absolute Gasteiger partial charge is 0.254 e. The highest BCUT2D eigenvalue weighted by atomic mass is 32.2. The topological polar surface area (TPSA) is 79.7 Å². The molecule has 1 aromatic carbocycles. The van der Waals surface area contributed by atoms with E-state index in [2.05, 4.69) is 0 Å². The van der Waals surface area contributed by atoms with E-state index in [0.29, 0.717) is 25.2 Å². The number of amides is 1. The zero-order valence-corrected chi connectivity index (χ0v) is 16.7. The van der Waals surface area contributed by atoms with Gasteiger partial charge >= 0.3 is 0 Å². The third kappa shape index (κ3) is 3.27. The molecule has 2 aromatic rings. The normalized spacial score (nSPS) is 25.1. The third-order valence-corrected chi connectivity index (χ3v) is 7.06. The number of rotatable bonds is 3. The Morgan fingerprint density at radius 3 is 2.43 bits per heavy atom. The summed E-state index contributed by atoms with van der Waals surface area (Å²) in [5.41, 5.74) is 1.10. The molecular weight excluding hydrogens is 378 g/mol. The molecule has 3 heterocycles. The molecule has 8 heteroatoms. The van der Waals surface area contributed by atoms with Crippen LogP contribution in [0.15, 0.2) is 53.5 Å². The van der Waals surface area contributed by atoms with Crippen LogP contribution in [0.25, 0.3) is 0 Å². The van der Waals surface area contributed by atoms with Crippen molar-refractivity contribution < 1.29 is 13.2 Å². The van der Waals surface area contributed by atoms with Crippen molar-refractivity contribution in [3.05, 3.63) is 70.1 Å². The number of aromatic nitrogens is 1. The third-order valence-electron chi connectivity index (χ3n) is 5.83. The van der Waals surface area contributed by atoms with Crippen LogP contribution in [0.1, 0.15) is 22.0 Å². The fraction of sp³-hybridized carbons (Fsp3) is 0.400. The van der Waals surface area contributed by atoms with Gasteiger partial charge in [-0.2, -0.15) is 4.31 Å². The molecule has 2 saturated heterocycles. The SMILES string of the molecule is Cn1ccc(C(=O)N2C[C@@H]3CN(S(C)(=O)=O)[C@@H](c4ccccc4)[C@@H]3C2)cc1=O. The number of hydrogen-bond acceptors (Lipinski definition) is 4. The van der Waals surface area contributed by atoms with Crippen LogP contribution in [-0.2, 0) is 17.1 Å². The van der Waals surface area contributed by atoms with E-state index in [1.165, 1.54) is 16.9 Å². The summed E-state index contributed by atoms with van der Waals surface area (Å²) in [4.78, 5) is 26.5. The Morgan fingerprint density at radius 2 is 1.79 bits per heavy atom. The molecule has 7 nitrogen and oxygen atoms in total. The maximum absolute atomic E-state index is 12.9. The Balaban J connectivity index is 1.62. The quantitative estimate of drug-likeness (QED) is 0.771. The summed E-state index contributed by atoms with van der Waals surface area (Å²) in [6, 6.07) is 12.3. The molecular formula is C20H23N3O4S. The first-order valence-electron chi connectivity index (χ1n) is 9.23. The largest absolute Gasteiger partial charge is 0.338 e. The second kappa shape index (κ2) is 6.86. The number of benzene rings is 1. The number of sulfonamides is 1.